The first-order valence-corrected chi connectivity index (χ1v) is 15.5. The van der Waals surface area contributed by atoms with E-state index in [2.05, 4.69) is 0 Å². The van der Waals surface area contributed by atoms with Crippen LogP contribution in [0.4, 0.5) is 26.3 Å². The van der Waals surface area contributed by atoms with Crippen molar-refractivity contribution in [3.63, 3.8) is 0 Å². The van der Waals surface area contributed by atoms with Gasteiger partial charge in [0.25, 0.3) is 0 Å². The fourth-order valence-corrected chi connectivity index (χ4v) is 6.59. The van der Waals surface area contributed by atoms with Crippen LogP contribution >= 0.6 is 0 Å². The first-order valence-electron chi connectivity index (χ1n) is 15.5. The first-order chi connectivity index (χ1) is 23.7. The van der Waals surface area contributed by atoms with Gasteiger partial charge in [-0.25, -0.2) is 26.3 Å². The molecule has 0 aliphatic rings. The molecule has 0 atom stereocenters. The summed E-state index contributed by atoms with van der Waals surface area (Å²) in [6.45, 7) is 0. The van der Waals surface area contributed by atoms with Crippen molar-refractivity contribution in [1.82, 2.24) is 0 Å². The van der Waals surface area contributed by atoms with Crippen LogP contribution in [0.5, 0.6) is 0 Å². The van der Waals surface area contributed by atoms with E-state index in [1.54, 1.807) is 97.1 Å². The predicted molar refractivity (Wildman–Crippen MR) is 181 cm³/mol. The fraction of sp³-hybridized carbons (Fsp3) is 0.0233. The lowest BCUT2D eigenvalue weighted by Gasteiger charge is -2.37. The highest BCUT2D eigenvalue weighted by Gasteiger charge is 2.40. The summed E-state index contributed by atoms with van der Waals surface area (Å²) in [4.78, 5) is 0. The molecular formula is C43H26F6. The highest BCUT2D eigenvalue weighted by molar-refractivity contribution is 5.71. The number of hydrogen-bond acceptors (Lipinski definition) is 0. The van der Waals surface area contributed by atoms with Crippen molar-refractivity contribution in [2.24, 2.45) is 0 Å². The Morgan fingerprint density at radius 2 is 0.673 bits per heavy atom. The van der Waals surface area contributed by atoms with Gasteiger partial charge in [0.2, 0.25) is 0 Å². The van der Waals surface area contributed by atoms with Gasteiger partial charge < -0.3 is 0 Å². The van der Waals surface area contributed by atoms with Crippen molar-refractivity contribution >= 4 is 0 Å². The third-order valence-corrected chi connectivity index (χ3v) is 8.81. The van der Waals surface area contributed by atoms with Crippen molar-refractivity contribution < 1.29 is 26.3 Å². The minimum atomic E-state index is -1.31. The van der Waals surface area contributed by atoms with Gasteiger partial charge in [-0.2, -0.15) is 0 Å². The summed E-state index contributed by atoms with van der Waals surface area (Å²) in [5.74, 6) is -3.74. The van der Waals surface area contributed by atoms with E-state index < -0.39 is 34.5 Å². The minimum absolute atomic E-state index is 0.308. The molecule has 0 radical (unpaired) electrons. The van der Waals surface area contributed by atoms with Crippen LogP contribution in [0.2, 0.25) is 0 Å². The second-order valence-corrected chi connectivity index (χ2v) is 11.8. The van der Waals surface area contributed by atoms with E-state index in [1.807, 2.05) is 12.1 Å². The Morgan fingerprint density at radius 1 is 0.306 bits per heavy atom. The van der Waals surface area contributed by atoms with E-state index in [9.17, 15) is 22.0 Å². The largest absolute Gasteiger partial charge is 0.207 e. The molecule has 7 rings (SSSR count). The maximum atomic E-state index is 16.2. The summed E-state index contributed by atoms with van der Waals surface area (Å²) in [7, 11) is 0. The Balaban J connectivity index is 1.47. The molecule has 0 aromatic heterocycles. The lowest BCUT2D eigenvalue weighted by Crippen LogP contribution is -2.32. The molecule has 0 N–H and O–H groups in total. The van der Waals surface area contributed by atoms with Crippen LogP contribution in [-0.4, -0.2) is 0 Å². The van der Waals surface area contributed by atoms with Gasteiger partial charge in [0.05, 0.1) is 5.41 Å². The summed E-state index contributed by atoms with van der Waals surface area (Å²) >= 11 is 0. The van der Waals surface area contributed by atoms with E-state index in [-0.39, 0.29) is 5.82 Å². The lowest BCUT2D eigenvalue weighted by atomic mass is 9.64. The standard InChI is InChI=1S/C43H26F6/c44-35-21-30(22-36(45)25-35)27-9-15-32(16-10-27)43(40-6-2-4-8-42(40)49,34-19-13-29(14-20-34)39-5-1-3-7-41(39)48)33-17-11-28(12-18-33)31-23-37(46)26-38(47)24-31/h1-26H. The van der Waals surface area contributed by atoms with Crippen molar-refractivity contribution in [3.05, 3.63) is 215 Å². The van der Waals surface area contributed by atoms with Crippen molar-refractivity contribution in [3.8, 4) is 33.4 Å². The summed E-state index contributed by atoms with van der Waals surface area (Å²) < 4.78 is 87.5. The second kappa shape index (κ2) is 13.0. The smallest absolute Gasteiger partial charge is 0.131 e. The van der Waals surface area contributed by atoms with Crippen LogP contribution in [0.15, 0.2) is 158 Å². The molecule has 7 aromatic rings. The quantitative estimate of drug-likeness (QED) is 0.118. The van der Waals surface area contributed by atoms with Crippen LogP contribution < -0.4 is 0 Å². The zero-order chi connectivity index (χ0) is 34.1. The van der Waals surface area contributed by atoms with Gasteiger partial charge in [-0.15, -0.1) is 0 Å². The van der Waals surface area contributed by atoms with Crippen molar-refractivity contribution in [2.45, 2.75) is 5.41 Å². The van der Waals surface area contributed by atoms with Crippen LogP contribution in [-0.2, 0) is 5.41 Å². The number of halogens is 6. The van der Waals surface area contributed by atoms with Crippen LogP contribution in [0.25, 0.3) is 33.4 Å². The molecule has 0 heterocycles. The molecule has 0 amide bonds. The summed E-state index contributed by atoms with van der Waals surface area (Å²) in [6.07, 6.45) is 0. The zero-order valence-electron chi connectivity index (χ0n) is 25.8. The lowest BCUT2D eigenvalue weighted by molar-refractivity contribution is 0.580. The number of rotatable bonds is 7. The van der Waals surface area contributed by atoms with Crippen molar-refractivity contribution in [1.29, 1.82) is 0 Å². The molecular weight excluding hydrogens is 630 g/mol. The molecule has 7 aromatic carbocycles. The third-order valence-electron chi connectivity index (χ3n) is 8.81. The third kappa shape index (κ3) is 6.02. The summed E-state index contributed by atoms with van der Waals surface area (Å²) in [5.41, 5.74) is 3.68. The Kier molecular flexibility index (Phi) is 8.39. The fourth-order valence-electron chi connectivity index (χ4n) is 6.59. The topological polar surface area (TPSA) is 0 Å². The molecule has 6 heteroatoms. The molecule has 49 heavy (non-hydrogen) atoms. The highest BCUT2D eigenvalue weighted by Crippen LogP contribution is 2.47. The van der Waals surface area contributed by atoms with Gasteiger partial charge in [-0.3, -0.25) is 0 Å². The Hall–Kier alpha value is -5.88. The molecule has 0 aliphatic heterocycles. The average Bonchev–Trinajstić information content (AvgIpc) is 3.10. The van der Waals surface area contributed by atoms with Crippen LogP contribution in [0, 0.1) is 34.9 Å². The monoisotopic (exact) mass is 656 g/mol. The van der Waals surface area contributed by atoms with E-state index in [4.69, 9.17) is 0 Å². The number of benzene rings is 7. The molecule has 240 valence electrons. The van der Waals surface area contributed by atoms with E-state index in [0.29, 0.717) is 55.6 Å². The van der Waals surface area contributed by atoms with Gasteiger partial charge in [-0.05, 0) is 80.9 Å². The summed E-state index contributed by atoms with van der Waals surface area (Å²) in [5, 5.41) is 0. The van der Waals surface area contributed by atoms with Crippen molar-refractivity contribution in [2.75, 3.05) is 0 Å². The average molecular weight is 657 g/mol. The summed E-state index contributed by atoms with van der Waals surface area (Å²) in [6, 6.07) is 40.5. The highest BCUT2D eigenvalue weighted by atomic mass is 19.2. The van der Waals surface area contributed by atoms with E-state index >= 15 is 4.39 Å². The van der Waals surface area contributed by atoms with E-state index in [0.717, 1.165) is 12.1 Å². The molecule has 0 unspecified atom stereocenters. The minimum Gasteiger partial charge on any atom is -0.207 e. The zero-order valence-corrected chi connectivity index (χ0v) is 25.8. The Labute approximate surface area is 279 Å². The maximum absolute atomic E-state index is 16.2. The normalized spacial score (nSPS) is 11.5. The molecule has 0 nitrogen and oxygen atoms in total. The van der Waals surface area contributed by atoms with Crippen LogP contribution in [0.3, 0.4) is 0 Å². The Bertz CT molecular complexity index is 2140. The predicted octanol–water partition coefficient (Wildman–Crippen LogP) is 11.9. The second-order valence-electron chi connectivity index (χ2n) is 11.8. The Morgan fingerprint density at radius 3 is 1.08 bits per heavy atom. The van der Waals surface area contributed by atoms with Gasteiger partial charge in [0.15, 0.2) is 0 Å². The molecule has 0 bridgehead atoms. The first kappa shape index (κ1) is 31.7. The molecule has 0 spiro atoms. The maximum Gasteiger partial charge on any atom is 0.131 e. The molecule has 0 saturated carbocycles. The molecule has 0 fully saturated rings. The van der Waals surface area contributed by atoms with Gasteiger partial charge >= 0.3 is 0 Å². The van der Waals surface area contributed by atoms with E-state index in [1.165, 1.54) is 36.4 Å². The molecule has 0 aliphatic carbocycles. The number of hydrogen-bond donors (Lipinski definition) is 0. The van der Waals surface area contributed by atoms with Gasteiger partial charge in [-0.1, -0.05) is 109 Å². The van der Waals surface area contributed by atoms with Gasteiger partial charge in [0, 0.05) is 23.3 Å². The van der Waals surface area contributed by atoms with Gasteiger partial charge in [0.1, 0.15) is 34.9 Å². The molecule has 0 saturated heterocycles. The van der Waals surface area contributed by atoms with Crippen LogP contribution in [0.1, 0.15) is 22.3 Å². The SMILES string of the molecule is Fc1cc(F)cc(-c2ccc(C(c3ccc(-c4cc(F)cc(F)c4)cc3)(c3ccc(-c4ccccc4F)cc3)c3ccccc3F)cc2)c1.